The van der Waals surface area contributed by atoms with Crippen molar-refractivity contribution in [2.45, 2.75) is 27.7 Å². The molecular formula is C20H25NO2S. The van der Waals surface area contributed by atoms with Gasteiger partial charge < -0.3 is 10.1 Å². The number of amides is 1. The predicted octanol–water partition coefficient (Wildman–Crippen LogP) is 4.67. The number of benzene rings is 2. The zero-order valence-corrected chi connectivity index (χ0v) is 15.6. The summed E-state index contributed by atoms with van der Waals surface area (Å²) in [5, 5.41) is 2.98. The number of carbonyl (C=O) groups is 1. The molecule has 2 aromatic rings. The number of ether oxygens (including phenoxy) is 1. The Hall–Kier alpha value is -1.94. The second-order valence-electron chi connectivity index (χ2n) is 6.04. The summed E-state index contributed by atoms with van der Waals surface area (Å²) in [5.41, 5.74) is 5.45. The van der Waals surface area contributed by atoms with Crippen LogP contribution in [0.4, 0.5) is 5.69 Å². The fraction of sp³-hybridized carbons (Fsp3) is 0.350. The summed E-state index contributed by atoms with van der Waals surface area (Å²) in [5.74, 6) is 2.17. The van der Waals surface area contributed by atoms with Crippen LogP contribution in [-0.4, -0.2) is 24.0 Å². The standard InChI is InChI=1S/C20H25NO2S/c1-14-5-7-16(3)18(11-14)21-20(22)13-24-10-9-23-19-12-15(2)6-8-17(19)4/h5-8,11-12H,9-10,13H2,1-4H3,(H,21,22). The van der Waals surface area contributed by atoms with E-state index in [1.807, 2.05) is 45.0 Å². The number of thioether (sulfide) groups is 1. The Kier molecular flexibility index (Phi) is 6.73. The maximum Gasteiger partial charge on any atom is 0.234 e. The molecule has 4 heteroatoms. The van der Waals surface area contributed by atoms with Crippen LogP contribution in [0.25, 0.3) is 0 Å². The predicted molar refractivity (Wildman–Crippen MR) is 103 cm³/mol. The fourth-order valence-electron chi connectivity index (χ4n) is 2.30. The topological polar surface area (TPSA) is 38.3 Å². The summed E-state index contributed by atoms with van der Waals surface area (Å²) in [6, 6.07) is 12.3. The zero-order valence-electron chi connectivity index (χ0n) is 14.8. The van der Waals surface area contributed by atoms with Crippen molar-refractivity contribution in [2.75, 3.05) is 23.4 Å². The van der Waals surface area contributed by atoms with Crippen LogP contribution in [-0.2, 0) is 4.79 Å². The molecule has 0 aliphatic carbocycles. The summed E-state index contributed by atoms with van der Waals surface area (Å²) in [6.07, 6.45) is 0. The number of rotatable bonds is 7. The van der Waals surface area contributed by atoms with Gasteiger partial charge in [0.2, 0.25) is 5.91 Å². The maximum absolute atomic E-state index is 12.0. The number of hydrogen-bond acceptors (Lipinski definition) is 3. The third-order valence-electron chi connectivity index (χ3n) is 3.73. The van der Waals surface area contributed by atoms with E-state index in [4.69, 9.17) is 4.74 Å². The Morgan fingerprint density at radius 3 is 2.42 bits per heavy atom. The van der Waals surface area contributed by atoms with Crippen molar-refractivity contribution < 1.29 is 9.53 Å². The Morgan fingerprint density at radius 1 is 1.00 bits per heavy atom. The van der Waals surface area contributed by atoms with Gasteiger partial charge in [0.15, 0.2) is 0 Å². The molecule has 0 fully saturated rings. The van der Waals surface area contributed by atoms with Crippen LogP contribution in [0.2, 0.25) is 0 Å². The first-order valence-corrected chi connectivity index (χ1v) is 9.26. The van der Waals surface area contributed by atoms with Gasteiger partial charge in [0.05, 0.1) is 12.4 Å². The van der Waals surface area contributed by atoms with E-state index >= 15 is 0 Å². The second kappa shape index (κ2) is 8.78. The molecule has 1 N–H and O–H groups in total. The fourth-order valence-corrected chi connectivity index (χ4v) is 2.90. The van der Waals surface area contributed by atoms with Gasteiger partial charge in [-0.3, -0.25) is 4.79 Å². The van der Waals surface area contributed by atoms with E-state index in [1.165, 1.54) is 5.56 Å². The van der Waals surface area contributed by atoms with E-state index in [0.717, 1.165) is 33.9 Å². The Bertz CT molecular complexity index is 713. The van der Waals surface area contributed by atoms with Gasteiger partial charge in [-0.05, 0) is 62.1 Å². The average molecular weight is 343 g/mol. The lowest BCUT2D eigenvalue weighted by atomic mass is 10.1. The van der Waals surface area contributed by atoms with Crippen molar-refractivity contribution in [1.82, 2.24) is 0 Å². The summed E-state index contributed by atoms with van der Waals surface area (Å²) in [4.78, 5) is 12.0. The van der Waals surface area contributed by atoms with Gasteiger partial charge in [0.1, 0.15) is 5.75 Å². The highest BCUT2D eigenvalue weighted by Crippen LogP contribution is 2.20. The minimum Gasteiger partial charge on any atom is -0.492 e. The molecule has 0 saturated carbocycles. The van der Waals surface area contributed by atoms with Crippen LogP contribution in [0, 0.1) is 27.7 Å². The molecule has 128 valence electrons. The highest BCUT2D eigenvalue weighted by atomic mass is 32.2. The Morgan fingerprint density at radius 2 is 1.67 bits per heavy atom. The van der Waals surface area contributed by atoms with Crippen LogP contribution < -0.4 is 10.1 Å². The molecule has 0 spiro atoms. The van der Waals surface area contributed by atoms with Crippen LogP contribution in [0.5, 0.6) is 5.75 Å². The molecule has 0 aromatic heterocycles. The van der Waals surface area contributed by atoms with Gasteiger partial charge >= 0.3 is 0 Å². The lowest BCUT2D eigenvalue weighted by Crippen LogP contribution is -2.16. The Labute approximate surface area is 148 Å². The normalized spacial score (nSPS) is 10.5. The monoisotopic (exact) mass is 343 g/mol. The van der Waals surface area contributed by atoms with Gasteiger partial charge in [0, 0.05) is 11.4 Å². The first-order chi connectivity index (χ1) is 11.5. The number of carbonyl (C=O) groups excluding carboxylic acids is 1. The van der Waals surface area contributed by atoms with Gasteiger partial charge in [-0.25, -0.2) is 0 Å². The average Bonchev–Trinajstić information content (AvgIpc) is 2.54. The van der Waals surface area contributed by atoms with Gasteiger partial charge in [-0.1, -0.05) is 24.3 Å². The number of nitrogens with one attached hydrogen (secondary N) is 1. The van der Waals surface area contributed by atoms with E-state index in [2.05, 4.69) is 24.4 Å². The smallest absolute Gasteiger partial charge is 0.234 e. The van der Waals surface area contributed by atoms with Crippen molar-refractivity contribution >= 4 is 23.4 Å². The first kappa shape index (κ1) is 18.4. The molecule has 0 aliphatic heterocycles. The molecular weight excluding hydrogens is 318 g/mol. The number of anilines is 1. The van der Waals surface area contributed by atoms with E-state index in [-0.39, 0.29) is 5.91 Å². The van der Waals surface area contributed by atoms with E-state index in [0.29, 0.717) is 12.4 Å². The van der Waals surface area contributed by atoms with Crippen molar-refractivity contribution in [1.29, 1.82) is 0 Å². The van der Waals surface area contributed by atoms with Gasteiger partial charge in [-0.15, -0.1) is 11.8 Å². The third-order valence-corrected chi connectivity index (χ3v) is 4.65. The number of hydrogen-bond donors (Lipinski definition) is 1. The van der Waals surface area contributed by atoms with Gasteiger partial charge in [0.25, 0.3) is 0 Å². The minimum atomic E-state index is 0.0282. The molecule has 0 saturated heterocycles. The van der Waals surface area contributed by atoms with Crippen molar-refractivity contribution in [2.24, 2.45) is 0 Å². The van der Waals surface area contributed by atoms with Crippen LogP contribution >= 0.6 is 11.8 Å². The first-order valence-electron chi connectivity index (χ1n) is 8.10. The minimum absolute atomic E-state index is 0.0282. The lowest BCUT2D eigenvalue weighted by molar-refractivity contribution is -0.113. The van der Waals surface area contributed by atoms with Crippen LogP contribution in [0.15, 0.2) is 36.4 Å². The molecule has 0 atom stereocenters. The van der Waals surface area contributed by atoms with E-state index in [1.54, 1.807) is 11.8 Å². The molecule has 0 heterocycles. The molecule has 2 rings (SSSR count). The van der Waals surface area contributed by atoms with E-state index < -0.39 is 0 Å². The number of aryl methyl sites for hydroxylation is 4. The van der Waals surface area contributed by atoms with Crippen molar-refractivity contribution in [3.8, 4) is 5.75 Å². The van der Waals surface area contributed by atoms with Crippen molar-refractivity contribution in [3.05, 3.63) is 58.7 Å². The second-order valence-corrected chi connectivity index (χ2v) is 7.14. The molecule has 0 unspecified atom stereocenters. The molecule has 1 amide bonds. The molecule has 24 heavy (non-hydrogen) atoms. The third kappa shape index (κ3) is 5.60. The summed E-state index contributed by atoms with van der Waals surface area (Å²) in [7, 11) is 0. The molecule has 0 radical (unpaired) electrons. The molecule has 2 aromatic carbocycles. The van der Waals surface area contributed by atoms with Crippen LogP contribution in [0.3, 0.4) is 0 Å². The van der Waals surface area contributed by atoms with Gasteiger partial charge in [-0.2, -0.15) is 0 Å². The molecule has 3 nitrogen and oxygen atoms in total. The van der Waals surface area contributed by atoms with Crippen LogP contribution in [0.1, 0.15) is 22.3 Å². The summed E-state index contributed by atoms with van der Waals surface area (Å²) >= 11 is 1.58. The quantitative estimate of drug-likeness (QED) is 0.742. The maximum atomic E-state index is 12.0. The van der Waals surface area contributed by atoms with Crippen molar-refractivity contribution in [3.63, 3.8) is 0 Å². The van der Waals surface area contributed by atoms with E-state index in [9.17, 15) is 4.79 Å². The largest absolute Gasteiger partial charge is 0.492 e. The SMILES string of the molecule is Cc1ccc(C)c(NC(=O)CSCCOc2cc(C)ccc2C)c1. The lowest BCUT2D eigenvalue weighted by Gasteiger charge is -2.11. The molecule has 0 aliphatic rings. The highest BCUT2D eigenvalue weighted by Gasteiger charge is 2.06. The highest BCUT2D eigenvalue weighted by molar-refractivity contribution is 7.99. The summed E-state index contributed by atoms with van der Waals surface area (Å²) < 4.78 is 5.80. The zero-order chi connectivity index (χ0) is 17.5. The molecule has 0 bridgehead atoms. The Balaban J connectivity index is 1.71. The summed E-state index contributed by atoms with van der Waals surface area (Å²) in [6.45, 7) is 8.72.